The van der Waals surface area contributed by atoms with E-state index in [0.717, 1.165) is 22.6 Å². The van der Waals surface area contributed by atoms with Crippen molar-refractivity contribution < 1.29 is 32.8 Å². The van der Waals surface area contributed by atoms with Crippen molar-refractivity contribution in [2.75, 3.05) is 20.8 Å². The first-order valence-electron chi connectivity index (χ1n) is 17.1. The fourth-order valence-corrected chi connectivity index (χ4v) is 7.00. The average molecular weight is 671 g/mol. The van der Waals surface area contributed by atoms with Crippen LogP contribution in [0.5, 0.6) is 11.5 Å². The van der Waals surface area contributed by atoms with Gasteiger partial charge in [-0.05, 0) is 80.7 Å². The normalized spacial score (nSPS) is 21.7. The van der Waals surface area contributed by atoms with Crippen LogP contribution < -0.4 is 9.47 Å². The van der Waals surface area contributed by atoms with Gasteiger partial charge in [0.2, 0.25) is 0 Å². The standard InChI is InChI=1S/C39H62O7Si/c1-14-23-39(9,43-27-31-17-21-33(41-11)22-18-31)35-24-34(45-38(7,8)46-35)29(3)36(28(2)25-44-47(12,13)37(4,5)6)42-26-30-15-19-32(40-10)20-16-30/h14-22,28-29,34-36H,1,23-27H2,2-13H3/t28-,29+,34-,35+,36+,39+/m0/s1. The summed E-state index contributed by atoms with van der Waals surface area (Å²) in [7, 11) is 1.40. The van der Waals surface area contributed by atoms with Crippen LogP contribution in [0.4, 0.5) is 0 Å². The Bertz CT molecular complexity index is 1240. The first-order chi connectivity index (χ1) is 21.9. The van der Waals surface area contributed by atoms with E-state index in [9.17, 15) is 0 Å². The summed E-state index contributed by atoms with van der Waals surface area (Å²) in [5.41, 5.74) is 1.55. The van der Waals surface area contributed by atoms with E-state index in [1.54, 1.807) is 14.2 Å². The number of hydrogen-bond acceptors (Lipinski definition) is 7. The highest BCUT2D eigenvalue weighted by Gasteiger charge is 2.48. The van der Waals surface area contributed by atoms with Crippen LogP contribution in [0, 0.1) is 11.8 Å². The molecule has 1 aliphatic heterocycles. The van der Waals surface area contributed by atoms with Gasteiger partial charge in [0.25, 0.3) is 0 Å². The molecule has 1 aliphatic rings. The molecule has 3 rings (SSSR count). The van der Waals surface area contributed by atoms with Gasteiger partial charge in [-0.1, -0.05) is 65.0 Å². The molecular weight excluding hydrogens is 609 g/mol. The van der Waals surface area contributed by atoms with Crippen molar-refractivity contribution >= 4 is 8.32 Å². The number of rotatable bonds is 17. The van der Waals surface area contributed by atoms with Gasteiger partial charge in [0.1, 0.15) is 11.5 Å². The fraction of sp³-hybridized carbons (Fsp3) is 0.641. The molecule has 0 amide bonds. The topological polar surface area (TPSA) is 64.6 Å². The zero-order valence-corrected chi connectivity index (χ0v) is 32.2. The Kier molecular flexibility index (Phi) is 13.7. The molecule has 1 fully saturated rings. The summed E-state index contributed by atoms with van der Waals surface area (Å²) in [4.78, 5) is 0. The maximum atomic E-state index is 6.81. The molecule has 264 valence electrons. The lowest BCUT2D eigenvalue weighted by molar-refractivity contribution is -0.340. The average Bonchev–Trinajstić information content (AvgIpc) is 3.02. The second-order valence-corrected chi connectivity index (χ2v) is 20.2. The summed E-state index contributed by atoms with van der Waals surface area (Å²) in [5.74, 6) is 1.02. The first-order valence-corrected chi connectivity index (χ1v) is 20.0. The lowest BCUT2D eigenvalue weighted by Gasteiger charge is -2.50. The molecule has 0 aromatic heterocycles. The second kappa shape index (κ2) is 16.5. The Balaban J connectivity index is 1.85. The van der Waals surface area contributed by atoms with Crippen LogP contribution in [0.25, 0.3) is 0 Å². The van der Waals surface area contributed by atoms with Crippen LogP contribution in [0.3, 0.4) is 0 Å². The highest BCUT2D eigenvalue weighted by Crippen LogP contribution is 2.41. The Morgan fingerprint density at radius 1 is 0.894 bits per heavy atom. The monoisotopic (exact) mass is 670 g/mol. The van der Waals surface area contributed by atoms with Gasteiger partial charge in [0.05, 0.1) is 51.3 Å². The van der Waals surface area contributed by atoms with Crippen LogP contribution >= 0.6 is 0 Å². The molecule has 47 heavy (non-hydrogen) atoms. The molecule has 2 aromatic carbocycles. The molecule has 0 unspecified atom stereocenters. The van der Waals surface area contributed by atoms with E-state index in [2.05, 4.69) is 73.3 Å². The van der Waals surface area contributed by atoms with E-state index in [0.29, 0.717) is 32.7 Å². The zero-order chi connectivity index (χ0) is 35.0. The third-order valence-corrected chi connectivity index (χ3v) is 14.5. The van der Waals surface area contributed by atoms with Crippen molar-refractivity contribution in [2.24, 2.45) is 11.8 Å². The summed E-state index contributed by atoms with van der Waals surface area (Å²) in [6, 6.07) is 16.0. The summed E-state index contributed by atoms with van der Waals surface area (Å²) in [6.07, 6.45) is 2.74. The van der Waals surface area contributed by atoms with E-state index >= 15 is 0 Å². The molecule has 0 N–H and O–H groups in total. The molecule has 0 radical (unpaired) electrons. The van der Waals surface area contributed by atoms with Gasteiger partial charge in [-0.2, -0.15) is 0 Å². The molecule has 0 aliphatic carbocycles. The molecule has 8 heteroatoms. The number of benzene rings is 2. The van der Waals surface area contributed by atoms with Gasteiger partial charge in [-0.15, -0.1) is 6.58 Å². The van der Waals surface area contributed by atoms with Gasteiger partial charge in [-0.3, -0.25) is 0 Å². The lowest BCUT2D eigenvalue weighted by atomic mass is 9.82. The number of hydrogen-bond donors (Lipinski definition) is 0. The zero-order valence-electron chi connectivity index (χ0n) is 31.2. The Morgan fingerprint density at radius 3 is 1.91 bits per heavy atom. The summed E-state index contributed by atoms with van der Waals surface area (Å²) >= 11 is 0. The van der Waals surface area contributed by atoms with Crippen molar-refractivity contribution in [3.63, 3.8) is 0 Å². The van der Waals surface area contributed by atoms with E-state index < -0.39 is 19.7 Å². The molecule has 2 aromatic rings. The number of methoxy groups -OCH3 is 2. The van der Waals surface area contributed by atoms with Gasteiger partial charge in [0.15, 0.2) is 14.1 Å². The van der Waals surface area contributed by atoms with Gasteiger partial charge in [0, 0.05) is 24.9 Å². The SMILES string of the molecule is C=CC[C@@](C)(OCc1ccc(OC)cc1)[C@H]1C[C@@H]([C@@H](C)[C@H](OCc2ccc(OC)cc2)[C@@H](C)CO[Si](C)(C)C(C)(C)C)OC(C)(C)O1. The van der Waals surface area contributed by atoms with E-state index in [1.165, 1.54) is 0 Å². The molecule has 7 nitrogen and oxygen atoms in total. The predicted octanol–water partition coefficient (Wildman–Crippen LogP) is 9.34. The Hall–Kier alpha value is -2.20. The van der Waals surface area contributed by atoms with Crippen LogP contribution in [0.2, 0.25) is 18.1 Å². The van der Waals surface area contributed by atoms with Gasteiger partial charge < -0.3 is 32.8 Å². The largest absolute Gasteiger partial charge is 0.497 e. The van der Waals surface area contributed by atoms with Crippen molar-refractivity contribution in [3.8, 4) is 11.5 Å². The maximum Gasteiger partial charge on any atom is 0.191 e. The minimum absolute atomic E-state index is 0.0477. The molecule has 1 heterocycles. The molecule has 1 saturated heterocycles. The van der Waals surface area contributed by atoms with Crippen molar-refractivity contribution in [1.29, 1.82) is 0 Å². The predicted molar refractivity (Wildman–Crippen MR) is 192 cm³/mol. The van der Waals surface area contributed by atoms with E-state index in [4.69, 9.17) is 32.8 Å². The molecule has 6 atom stereocenters. The van der Waals surface area contributed by atoms with Crippen LogP contribution in [0.15, 0.2) is 61.2 Å². The third kappa shape index (κ3) is 10.9. The van der Waals surface area contributed by atoms with Crippen LogP contribution in [-0.4, -0.2) is 58.8 Å². The Morgan fingerprint density at radius 2 is 1.43 bits per heavy atom. The number of ether oxygens (including phenoxy) is 6. The highest BCUT2D eigenvalue weighted by atomic mass is 28.4. The first kappa shape index (κ1) is 39.2. The molecular formula is C39H62O7Si. The van der Waals surface area contributed by atoms with Crippen LogP contribution in [-0.2, 0) is 36.6 Å². The molecule has 0 spiro atoms. The highest BCUT2D eigenvalue weighted by molar-refractivity contribution is 6.74. The summed E-state index contributed by atoms with van der Waals surface area (Å²) in [5, 5.41) is 0.125. The minimum Gasteiger partial charge on any atom is -0.497 e. The van der Waals surface area contributed by atoms with E-state index in [-0.39, 0.29) is 35.2 Å². The third-order valence-electron chi connectivity index (χ3n) is 10.0. The lowest BCUT2D eigenvalue weighted by Crippen LogP contribution is -2.57. The van der Waals surface area contributed by atoms with Crippen LogP contribution in [0.1, 0.15) is 79.4 Å². The Labute approximate surface area is 286 Å². The molecule has 0 saturated carbocycles. The van der Waals surface area contributed by atoms with Crippen molar-refractivity contribution in [3.05, 3.63) is 72.3 Å². The summed E-state index contributed by atoms with van der Waals surface area (Å²) in [6.45, 7) is 27.7. The smallest absolute Gasteiger partial charge is 0.191 e. The maximum absolute atomic E-state index is 6.81. The van der Waals surface area contributed by atoms with Crippen molar-refractivity contribution in [2.45, 2.75) is 129 Å². The van der Waals surface area contributed by atoms with Gasteiger partial charge in [-0.25, -0.2) is 0 Å². The fourth-order valence-electron chi connectivity index (χ4n) is 5.89. The van der Waals surface area contributed by atoms with Crippen molar-refractivity contribution in [1.82, 2.24) is 0 Å². The summed E-state index contributed by atoms with van der Waals surface area (Å²) < 4.78 is 44.2. The second-order valence-electron chi connectivity index (χ2n) is 15.4. The quantitative estimate of drug-likeness (QED) is 0.123. The van der Waals surface area contributed by atoms with Gasteiger partial charge >= 0.3 is 0 Å². The van der Waals surface area contributed by atoms with E-state index in [1.807, 2.05) is 56.3 Å². The minimum atomic E-state index is -1.95. The molecule has 0 bridgehead atoms.